The molecule has 1 aliphatic carbocycles. The van der Waals surface area contributed by atoms with Crippen LogP contribution in [0.2, 0.25) is 0 Å². The van der Waals surface area contributed by atoms with Crippen molar-refractivity contribution in [1.82, 2.24) is 0 Å². The topological polar surface area (TPSA) is 69.7 Å². The number of hydrogen-bond donors (Lipinski definition) is 0. The number of rotatable bonds is 8. The van der Waals surface area contributed by atoms with Crippen LogP contribution in [0.1, 0.15) is 35.4 Å². The van der Waals surface area contributed by atoms with E-state index in [2.05, 4.69) is 0 Å². The lowest BCUT2D eigenvalue weighted by Crippen LogP contribution is -2.36. The van der Waals surface area contributed by atoms with Crippen LogP contribution in [0, 0.1) is 11.8 Å². The molecule has 5 nitrogen and oxygen atoms in total. The van der Waals surface area contributed by atoms with Crippen molar-refractivity contribution in [3.8, 4) is 0 Å². The van der Waals surface area contributed by atoms with Gasteiger partial charge in [-0.05, 0) is 29.0 Å². The average molecular weight is 443 g/mol. The normalized spacial score (nSPS) is 17.7. The van der Waals surface area contributed by atoms with E-state index in [1.165, 1.54) is 0 Å². The Labute approximate surface area is 193 Å². The van der Waals surface area contributed by atoms with E-state index in [0.717, 1.165) is 16.7 Å². The first kappa shape index (κ1) is 22.5. The van der Waals surface area contributed by atoms with E-state index < -0.39 is 29.7 Å². The van der Waals surface area contributed by atoms with Crippen molar-refractivity contribution in [1.29, 1.82) is 0 Å². The Morgan fingerprint density at radius 1 is 0.727 bits per heavy atom. The van der Waals surface area contributed by atoms with E-state index in [4.69, 9.17) is 9.47 Å². The molecule has 1 saturated carbocycles. The van der Waals surface area contributed by atoms with Crippen LogP contribution in [0.25, 0.3) is 0 Å². The predicted molar refractivity (Wildman–Crippen MR) is 123 cm³/mol. The molecular formula is C28H26O5. The van der Waals surface area contributed by atoms with Crippen LogP contribution in [0.15, 0.2) is 91.0 Å². The zero-order valence-electron chi connectivity index (χ0n) is 18.3. The van der Waals surface area contributed by atoms with Gasteiger partial charge in [-0.25, -0.2) is 0 Å². The lowest BCUT2D eigenvalue weighted by molar-refractivity contribution is -0.166. The molecule has 2 atom stereocenters. The van der Waals surface area contributed by atoms with Gasteiger partial charge in [0.15, 0.2) is 5.92 Å². The largest absolute Gasteiger partial charge is 0.460 e. The third kappa shape index (κ3) is 5.55. The number of Topliss-reactive ketones (excluding diaryl/α,β-unsaturated/α-hetero) is 1. The van der Waals surface area contributed by atoms with Gasteiger partial charge in [-0.15, -0.1) is 0 Å². The van der Waals surface area contributed by atoms with Gasteiger partial charge in [-0.1, -0.05) is 91.0 Å². The lowest BCUT2D eigenvalue weighted by Gasteiger charge is -2.25. The number of benzene rings is 3. The highest BCUT2D eigenvalue weighted by Crippen LogP contribution is 2.42. The number of carbonyl (C=O) groups excluding carboxylic acids is 3. The minimum atomic E-state index is -1.17. The highest BCUT2D eigenvalue weighted by Gasteiger charge is 2.47. The number of esters is 2. The second kappa shape index (κ2) is 10.7. The highest BCUT2D eigenvalue weighted by molar-refractivity contribution is 5.98. The SMILES string of the molecule is O=C(OCc1ccccc1)C(C(=O)OCc1ccccc1)C1CCC(=O)C1c1ccccc1. The van der Waals surface area contributed by atoms with Crippen molar-refractivity contribution >= 4 is 17.7 Å². The summed E-state index contributed by atoms with van der Waals surface area (Å²) in [6.07, 6.45) is 0.753. The van der Waals surface area contributed by atoms with Crippen molar-refractivity contribution in [2.75, 3.05) is 0 Å². The molecule has 168 valence electrons. The number of hydrogen-bond acceptors (Lipinski definition) is 5. The summed E-state index contributed by atoms with van der Waals surface area (Å²) in [4.78, 5) is 39.2. The van der Waals surface area contributed by atoms with E-state index in [-0.39, 0.29) is 19.0 Å². The third-order valence-corrected chi connectivity index (χ3v) is 6.04. The summed E-state index contributed by atoms with van der Waals surface area (Å²) in [5, 5.41) is 0. The van der Waals surface area contributed by atoms with E-state index >= 15 is 0 Å². The first-order valence-corrected chi connectivity index (χ1v) is 11.1. The summed E-state index contributed by atoms with van der Waals surface area (Å²) >= 11 is 0. The van der Waals surface area contributed by atoms with Crippen molar-refractivity contribution in [2.24, 2.45) is 11.8 Å². The Bertz CT molecular complexity index is 1020. The van der Waals surface area contributed by atoms with Crippen molar-refractivity contribution in [3.05, 3.63) is 108 Å². The zero-order valence-corrected chi connectivity index (χ0v) is 18.3. The second-order valence-electron chi connectivity index (χ2n) is 8.22. The molecule has 0 saturated heterocycles. The molecule has 0 N–H and O–H groups in total. The second-order valence-corrected chi connectivity index (χ2v) is 8.22. The van der Waals surface area contributed by atoms with E-state index in [1.807, 2.05) is 91.0 Å². The van der Waals surface area contributed by atoms with E-state index in [9.17, 15) is 14.4 Å². The number of carbonyl (C=O) groups is 3. The lowest BCUT2D eigenvalue weighted by atomic mass is 9.79. The standard InChI is InChI=1S/C28H26O5/c29-24-17-16-23(25(24)22-14-8-3-9-15-22)26(27(30)32-18-20-10-4-1-5-11-20)28(31)33-19-21-12-6-2-7-13-21/h1-15,23,25-26H,16-19H2. The summed E-state index contributed by atoms with van der Waals surface area (Å²) in [5.41, 5.74) is 2.45. The Hall–Kier alpha value is -3.73. The molecular weight excluding hydrogens is 416 g/mol. The summed E-state index contributed by atoms with van der Waals surface area (Å²) < 4.78 is 11.1. The molecule has 0 radical (unpaired) electrons. The van der Waals surface area contributed by atoms with E-state index in [1.54, 1.807) is 0 Å². The van der Waals surface area contributed by atoms with Crippen LogP contribution in [-0.2, 0) is 37.1 Å². The fourth-order valence-electron chi connectivity index (χ4n) is 4.41. The van der Waals surface area contributed by atoms with Gasteiger partial charge in [0.05, 0.1) is 0 Å². The van der Waals surface area contributed by atoms with Crippen LogP contribution in [0.4, 0.5) is 0 Å². The molecule has 1 aliphatic rings. The van der Waals surface area contributed by atoms with Crippen molar-refractivity contribution < 1.29 is 23.9 Å². The number of ketones is 1. The molecule has 0 aliphatic heterocycles. The summed E-state index contributed by atoms with van der Waals surface area (Å²) in [7, 11) is 0. The minimum Gasteiger partial charge on any atom is -0.460 e. The van der Waals surface area contributed by atoms with Crippen molar-refractivity contribution in [3.63, 3.8) is 0 Å². The Balaban J connectivity index is 1.56. The van der Waals surface area contributed by atoms with Gasteiger partial charge < -0.3 is 9.47 Å². The molecule has 3 aromatic rings. The van der Waals surface area contributed by atoms with Crippen LogP contribution < -0.4 is 0 Å². The third-order valence-electron chi connectivity index (χ3n) is 6.04. The van der Waals surface area contributed by atoms with Crippen molar-refractivity contribution in [2.45, 2.75) is 32.0 Å². The Kier molecular flexibility index (Phi) is 7.30. The quantitative estimate of drug-likeness (QED) is 0.368. The van der Waals surface area contributed by atoms with Crippen LogP contribution in [0.3, 0.4) is 0 Å². The average Bonchev–Trinajstić information content (AvgIpc) is 3.24. The maximum absolute atomic E-state index is 13.2. The van der Waals surface area contributed by atoms with Gasteiger partial charge in [0.25, 0.3) is 0 Å². The minimum absolute atomic E-state index is 0.0305. The molecule has 0 heterocycles. The molecule has 33 heavy (non-hydrogen) atoms. The zero-order chi connectivity index (χ0) is 23.0. The van der Waals surface area contributed by atoms with Gasteiger partial charge in [-0.2, -0.15) is 0 Å². The maximum Gasteiger partial charge on any atom is 0.320 e. The highest BCUT2D eigenvalue weighted by atomic mass is 16.6. The van der Waals surface area contributed by atoms with Gasteiger partial charge in [-0.3, -0.25) is 14.4 Å². The summed E-state index contributed by atoms with van der Waals surface area (Å²) in [6, 6.07) is 27.9. The molecule has 0 amide bonds. The molecule has 3 aromatic carbocycles. The van der Waals surface area contributed by atoms with E-state index in [0.29, 0.717) is 12.8 Å². The fourth-order valence-corrected chi connectivity index (χ4v) is 4.41. The van der Waals surface area contributed by atoms with Gasteiger partial charge in [0.2, 0.25) is 0 Å². The number of ether oxygens (including phenoxy) is 2. The fraction of sp³-hybridized carbons (Fsp3) is 0.250. The predicted octanol–water partition coefficient (Wildman–Crippen LogP) is 4.85. The first-order chi connectivity index (χ1) is 16.1. The van der Waals surface area contributed by atoms with Crippen LogP contribution in [0.5, 0.6) is 0 Å². The molecule has 1 fully saturated rings. The maximum atomic E-state index is 13.2. The Morgan fingerprint density at radius 3 is 1.67 bits per heavy atom. The summed E-state index contributed by atoms with van der Waals surface area (Å²) in [5.74, 6) is -3.50. The monoisotopic (exact) mass is 442 g/mol. The molecule has 5 heteroatoms. The smallest absolute Gasteiger partial charge is 0.320 e. The van der Waals surface area contributed by atoms with Gasteiger partial charge in [0.1, 0.15) is 19.0 Å². The van der Waals surface area contributed by atoms with Crippen LogP contribution in [-0.4, -0.2) is 17.7 Å². The summed E-state index contributed by atoms with van der Waals surface area (Å²) in [6.45, 7) is 0.109. The van der Waals surface area contributed by atoms with Crippen LogP contribution >= 0.6 is 0 Å². The molecule has 0 aromatic heterocycles. The van der Waals surface area contributed by atoms with Gasteiger partial charge >= 0.3 is 11.9 Å². The molecule has 0 bridgehead atoms. The Morgan fingerprint density at radius 2 is 1.18 bits per heavy atom. The molecule has 2 unspecified atom stereocenters. The first-order valence-electron chi connectivity index (χ1n) is 11.1. The van der Waals surface area contributed by atoms with Gasteiger partial charge in [0, 0.05) is 12.3 Å². The molecule has 0 spiro atoms. The molecule has 4 rings (SSSR count).